The summed E-state index contributed by atoms with van der Waals surface area (Å²) in [5.74, 6) is -3.71. The average molecular weight is 314 g/mol. The third-order valence-corrected chi connectivity index (χ3v) is 2.92. The topological polar surface area (TPSA) is 83.1 Å². The van der Waals surface area contributed by atoms with Crippen molar-refractivity contribution in [2.75, 3.05) is 7.11 Å². The van der Waals surface area contributed by atoms with Crippen molar-refractivity contribution in [1.29, 1.82) is 10.5 Å². The van der Waals surface area contributed by atoms with Gasteiger partial charge in [0.1, 0.15) is 40.4 Å². The van der Waals surface area contributed by atoms with Gasteiger partial charge in [0.2, 0.25) is 0 Å². The monoisotopic (exact) mass is 314 g/mol. The lowest BCUT2D eigenvalue weighted by atomic mass is 10.1. The number of nitriles is 2. The molecule has 0 fully saturated rings. The molecule has 0 N–H and O–H groups in total. The SMILES string of the molecule is COC(=O)c1ccccc1Oc1cc(F)c(C#N)c(C#N)c1F. The summed E-state index contributed by atoms with van der Waals surface area (Å²) >= 11 is 0. The first-order valence-corrected chi connectivity index (χ1v) is 6.20. The van der Waals surface area contributed by atoms with Crippen LogP contribution in [0.1, 0.15) is 21.5 Å². The zero-order valence-corrected chi connectivity index (χ0v) is 11.8. The summed E-state index contributed by atoms with van der Waals surface area (Å²) in [6.45, 7) is 0. The predicted octanol–water partition coefficient (Wildman–Crippen LogP) is 3.29. The zero-order valence-electron chi connectivity index (χ0n) is 11.8. The van der Waals surface area contributed by atoms with Crippen molar-refractivity contribution in [3.05, 3.63) is 58.7 Å². The van der Waals surface area contributed by atoms with E-state index in [9.17, 15) is 13.6 Å². The minimum Gasteiger partial charge on any atom is -0.465 e. The Morgan fingerprint density at radius 2 is 1.74 bits per heavy atom. The predicted molar refractivity (Wildman–Crippen MR) is 73.6 cm³/mol. The summed E-state index contributed by atoms with van der Waals surface area (Å²) in [6.07, 6.45) is 0. The van der Waals surface area contributed by atoms with E-state index in [1.165, 1.54) is 36.4 Å². The lowest BCUT2D eigenvalue weighted by molar-refractivity contribution is 0.0598. The van der Waals surface area contributed by atoms with E-state index in [0.717, 1.165) is 7.11 Å². The first-order chi connectivity index (χ1) is 11.0. The Balaban J connectivity index is 2.56. The summed E-state index contributed by atoms with van der Waals surface area (Å²) in [4.78, 5) is 11.6. The normalized spacial score (nSPS) is 9.61. The lowest BCUT2D eigenvalue weighted by Crippen LogP contribution is -2.05. The lowest BCUT2D eigenvalue weighted by Gasteiger charge is -2.11. The molecule has 0 aliphatic carbocycles. The molecule has 2 rings (SSSR count). The molecule has 0 heterocycles. The van der Waals surface area contributed by atoms with Crippen molar-refractivity contribution < 1.29 is 23.0 Å². The highest BCUT2D eigenvalue weighted by Gasteiger charge is 2.21. The summed E-state index contributed by atoms with van der Waals surface area (Å²) < 4.78 is 37.8. The van der Waals surface area contributed by atoms with Gasteiger partial charge in [0.25, 0.3) is 0 Å². The third kappa shape index (κ3) is 2.94. The number of carbonyl (C=O) groups is 1. The van der Waals surface area contributed by atoms with E-state index in [1.54, 1.807) is 0 Å². The quantitative estimate of drug-likeness (QED) is 0.812. The van der Waals surface area contributed by atoms with Gasteiger partial charge in [-0.2, -0.15) is 10.5 Å². The summed E-state index contributed by atoms with van der Waals surface area (Å²) in [5.41, 5.74) is -1.48. The van der Waals surface area contributed by atoms with Gasteiger partial charge in [0.15, 0.2) is 11.6 Å². The van der Waals surface area contributed by atoms with Crippen LogP contribution in [0.25, 0.3) is 0 Å². The van der Waals surface area contributed by atoms with Gasteiger partial charge >= 0.3 is 5.97 Å². The summed E-state index contributed by atoms with van der Waals surface area (Å²) in [7, 11) is 1.16. The largest absolute Gasteiger partial charge is 0.465 e. The Hall–Kier alpha value is -3.45. The average Bonchev–Trinajstić information content (AvgIpc) is 2.57. The molecule has 0 aromatic heterocycles. The molecule has 0 atom stereocenters. The van der Waals surface area contributed by atoms with E-state index in [-0.39, 0.29) is 11.3 Å². The highest BCUT2D eigenvalue weighted by molar-refractivity contribution is 5.92. The zero-order chi connectivity index (χ0) is 17.0. The summed E-state index contributed by atoms with van der Waals surface area (Å²) in [6, 6.07) is 9.27. The van der Waals surface area contributed by atoms with Crippen molar-refractivity contribution >= 4 is 5.97 Å². The number of nitrogens with zero attached hydrogens (tertiary/aromatic N) is 2. The molecule has 5 nitrogen and oxygen atoms in total. The third-order valence-electron chi connectivity index (χ3n) is 2.92. The van der Waals surface area contributed by atoms with Gasteiger partial charge in [-0.3, -0.25) is 0 Å². The van der Waals surface area contributed by atoms with E-state index in [0.29, 0.717) is 6.07 Å². The molecule has 2 aromatic carbocycles. The van der Waals surface area contributed by atoms with Crippen LogP contribution in [-0.2, 0) is 4.74 Å². The molecule has 0 unspecified atom stereocenters. The number of para-hydroxylation sites is 1. The molecule has 0 aliphatic rings. The Bertz CT molecular complexity index is 867. The Morgan fingerprint density at radius 1 is 1.09 bits per heavy atom. The first kappa shape index (κ1) is 15.9. The smallest absolute Gasteiger partial charge is 0.341 e. The Labute approximate surface area is 129 Å². The second-order valence-corrected chi connectivity index (χ2v) is 4.23. The van der Waals surface area contributed by atoms with Crippen LogP contribution in [0.2, 0.25) is 0 Å². The van der Waals surface area contributed by atoms with Gasteiger partial charge in [-0.25, -0.2) is 13.6 Å². The van der Waals surface area contributed by atoms with Crippen molar-refractivity contribution in [3.8, 4) is 23.6 Å². The number of ether oxygens (including phenoxy) is 2. The minimum atomic E-state index is -1.19. The summed E-state index contributed by atoms with van der Waals surface area (Å²) in [5, 5.41) is 17.7. The van der Waals surface area contributed by atoms with Crippen LogP contribution in [-0.4, -0.2) is 13.1 Å². The fourth-order valence-corrected chi connectivity index (χ4v) is 1.84. The first-order valence-electron chi connectivity index (χ1n) is 6.20. The van der Waals surface area contributed by atoms with Crippen LogP contribution in [0, 0.1) is 34.3 Å². The molecule has 7 heteroatoms. The number of methoxy groups -OCH3 is 1. The molecule has 114 valence electrons. The van der Waals surface area contributed by atoms with Crippen LogP contribution in [0.15, 0.2) is 30.3 Å². The number of esters is 1. The van der Waals surface area contributed by atoms with E-state index < -0.39 is 34.5 Å². The Kier molecular flexibility index (Phi) is 4.53. The van der Waals surface area contributed by atoms with Crippen LogP contribution in [0.5, 0.6) is 11.5 Å². The van der Waals surface area contributed by atoms with Gasteiger partial charge in [0, 0.05) is 6.07 Å². The molecule has 23 heavy (non-hydrogen) atoms. The van der Waals surface area contributed by atoms with E-state index in [2.05, 4.69) is 4.74 Å². The van der Waals surface area contributed by atoms with E-state index >= 15 is 0 Å². The number of rotatable bonds is 3. The van der Waals surface area contributed by atoms with Crippen LogP contribution < -0.4 is 4.74 Å². The molecule has 0 aliphatic heterocycles. The maximum Gasteiger partial charge on any atom is 0.341 e. The standard InChI is InChI=1S/C16H8F2N2O3/c1-22-16(21)9-4-2-3-5-13(9)23-14-6-12(17)10(7-19)11(8-20)15(14)18/h2-6H,1H3. The van der Waals surface area contributed by atoms with Crippen molar-refractivity contribution in [2.24, 2.45) is 0 Å². The van der Waals surface area contributed by atoms with E-state index in [1.807, 2.05) is 0 Å². The minimum absolute atomic E-state index is 0.00215. The maximum atomic E-state index is 14.2. The van der Waals surface area contributed by atoms with E-state index in [4.69, 9.17) is 15.3 Å². The highest BCUT2D eigenvalue weighted by atomic mass is 19.1. The van der Waals surface area contributed by atoms with Crippen LogP contribution in [0.3, 0.4) is 0 Å². The molecular formula is C16H8F2N2O3. The van der Waals surface area contributed by atoms with Gasteiger partial charge in [-0.1, -0.05) is 12.1 Å². The van der Waals surface area contributed by atoms with Gasteiger partial charge in [-0.15, -0.1) is 0 Å². The molecule has 0 saturated carbocycles. The van der Waals surface area contributed by atoms with Crippen molar-refractivity contribution in [3.63, 3.8) is 0 Å². The number of benzene rings is 2. The molecule has 0 amide bonds. The number of halogens is 2. The second-order valence-electron chi connectivity index (χ2n) is 4.23. The molecule has 0 bridgehead atoms. The number of hydrogen-bond acceptors (Lipinski definition) is 5. The van der Waals surface area contributed by atoms with Crippen molar-refractivity contribution in [1.82, 2.24) is 0 Å². The molecular weight excluding hydrogens is 306 g/mol. The fraction of sp³-hybridized carbons (Fsp3) is 0.0625. The highest BCUT2D eigenvalue weighted by Crippen LogP contribution is 2.31. The molecule has 0 spiro atoms. The van der Waals surface area contributed by atoms with Gasteiger partial charge in [-0.05, 0) is 12.1 Å². The van der Waals surface area contributed by atoms with Gasteiger partial charge < -0.3 is 9.47 Å². The number of carbonyl (C=O) groups excluding carboxylic acids is 1. The number of hydrogen-bond donors (Lipinski definition) is 0. The van der Waals surface area contributed by atoms with Crippen LogP contribution >= 0.6 is 0 Å². The Morgan fingerprint density at radius 3 is 2.35 bits per heavy atom. The van der Waals surface area contributed by atoms with Crippen LogP contribution in [0.4, 0.5) is 8.78 Å². The maximum absolute atomic E-state index is 14.2. The van der Waals surface area contributed by atoms with Crippen molar-refractivity contribution in [2.45, 2.75) is 0 Å². The van der Waals surface area contributed by atoms with Gasteiger partial charge in [0.05, 0.1) is 7.11 Å². The molecule has 0 radical (unpaired) electrons. The molecule has 0 saturated heterocycles. The molecule has 2 aromatic rings. The fourth-order valence-electron chi connectivity index (χ4n) is 1.84. The second kappa shape index (κ2) is 6.54.